The molecule has 0 spiro atoms. The summed E-state index contributed by atoms with van der Waals surface area (Å²) >= 11 is 6.41. The van der Waals surface area contributed by atoms with Gasteiger partial charge in [-0.15, -0.1) is 0 Å². The fourth-order valence-electron chi connectivity index (χ4n) is 2.45. The van der Waals surface area contributed by atoms with Gasteiger partial charge in [-0.05, 0) is 0 Å². The molecule has 3 rings (SSSR count). The average Bonchev–Trinajstić information content (AvgIpc) is 2.71. The Morgan fingerprint density at radius 3 is 1.94 bits per heavy atom. The summed E-state index contributed by atoms with van der Waals surface area (Å²) in [5, 5.41) is 3.13. The summed E-state index contributed by atoms with van der Waals surface area (Å²) in [6.45, 7) is 2.29. The standard InChI is InChI=1S/C11H11ClSi.2ClH.Zr/c1-13(12,10-6-2-3-7-10)11-8-4-5-9-11;;;/h2,4,6,8H,3,5H2,1H3;2*1H;/q;;;+2/p-2. The molecule has 0 saturated heterocycles. The van der Waals surface area contributed by atoms with Gasteiger partial charge in [0.15, 0.2) is 0 Å². The maximum absolute atomic E-state index is 6.82. The zero-order chi connectivity index (χ0) is 9.76. The topological polar surface area (TPSA) is 0 Å². The molecule has 0 amide bonds. The number of hydrogen-bond acceptors (Lipinski definition) is 0. The Labute approximate surface area is 126 Å². The molecular weight excluding hydrogens is 358 g/mol. The molecule has 0 fully saturated rings. The van der Waals surface area contributed by atoms with Crippen molar-refractivity contribution < 1.29 is 48.0 Å². The molecule has 0 atom stereocenters. The Hall–Kier alpha value is 0.930. The van der Waals surface area contributed by atoms with Crippen molar-refractivity contribution in [1.29, 1.82) is 0 Å². The molecular formula is C11H11Cl3SiZr. The number of allylic oxidation sites excluding steroid dienone is 8. The molecule has 2 aliphatic carbocycles. The monoisotopic (exact) mass is 366 g/mol. The Bertz CT molecular complexity index is 395. The van der Waals surface area contributed by atoms with Crippen molar-refractivity contribution in [3.63, 3.8) is 0 Å². The summed E-state index contributed by atoms with van der Waals surface area (Å²) in [5.41, 5.74) is 0. The van der Waals surface area contributed by atoms with Gasteiger partial charge in [0.05, 0.1) is 0 Å². The van der Waals surface area contributed by atoms with Crippen molar-refractivity contribution in [2.75, 3.05) is 0 Å². The second-order valence-corrected chi connectivity index (χ2v) is 13.1. The van der Waals surface area contributed by atoms with Crippen molar-refractivity contribution in [3.8, 4) is 0 Å². The molecule has 0 aromatic carbocycles. The zero-order valence-corrected chi connectivity index (χ0v) is 14.6. The van der Waals surface area contributed by atoms with E-state index in [0.29, 0.717) is 0 Å². The largest absolute Gasteiger partial charge is 1.00 e. The minimum Gasteiger partial charge on any atom is -1.00 e. The van der Waals surface area contributed by atoms with Crippen LogP contribution < -0.4 is 24.8 Å². The van der Waals surface area contributed by atoms with Gasteiger partial charge in [0.1, 0.15) is 0 Å². The quantitative estimate of drug-likeness (QED) is 0.325. The van der Waals surface area contributed by atoms with Gasteiger partial charge in [-0.25, -0.2) is 0 Å². The molecule has 0 unspecified atom stereocenters. The van der Waals surface area contributed by atoms with Crippen LogP contribution in [0.1, 0.15) is 12.8 Å². The Morgan fingerprint density at radius 2 is 1.50 bits per heavy atom. The maximum atomic E-state index is 6.82. The second-order valence-electron chi connectivity index (χ2n) is 4.13. The average molecular weight is 369 g/mol. The van der Waals surface area contributed by atoms with E-state index in [0.717, 1.165) is 0 Å². The third kappa shape index (κ3) is 2.12. The van der Waals surface area contributed by atoms with E-state index in [9.17, 15) is 0 Å². The first-order chi connectivity index (χ1) is 6.69. The summed E-state index contributed by atoms with van der Waals surface area (Å²) in [7, 11) is -1.75. The van der Waals surface area contributed by atoms with Gasteiger partial charge in [0, 0.05) is 0 Å². The van der Waals surface area contributed by atoms with E-state index in [-0.39, 0.29) is 24.8 Å². The van der Waals surface area contributed by atoms with Crippen molar-refractivity contribution in [2.45, 2.75) is 19.4 Å². The molecule has 1 heterocycles. The van der Waals surface area contributed by atoms with Gasteiger partial charge >= 0.3 is 102 Å². The molecule has 0 N–H and O–H groups in total. The summed E-state index contributed by atoms with van der Waals surface area (Å²) < 4.78 is 3.53. The Balaban J connectivity index is 0.000000640. The van der Waals surface area contributed by atoms with Gasteiger partial charge in [-0.3, -0.25) is 0 Å². The zero-order valence-electron chi connectivity index (χ0n) is 8.86. The third-order valence-corrected chi connectivity index (χ3v) is 12.4. The Kier molecular flexibility index (Phi) is 4.95. The minimum atomic E-state index is -1.75. The van der Waals surface area contributed by atoms with Crippen LogP contribution in [-0.2, 0) is 23.2 Å². The predicted molar refractivity (Wildman–Crippen MR) is 59.0 cm³/mol. The molecule has 0 radical (unpaired) electrons. The van der Waals surface area contributed by atoms with Crippen molar-refractivity contribution in [1.82, 2.24) is 0 Å². The summed E-state index contributed by atoms with van der Waals surface area (Å²) in [6, 6.07) is 0. The maximum Gasteiger partial charge on any atom is -1.00 e. The molecule has 3 aliphatic rings. The van der Waals surface area contributed by atoms with E-state index in [2.05, 4.69) is 30.9 Å². The predicted octanol–water partition coefficient (Wildman–Crippen LogP) is -2.59. The summed E-state index contributed by atoms with van der Waals surface area (Å²) in [6.07, 6.45) is 11.7. The van der Waals surface area contributed by atoms with E-state index < -0.39 is 30.6 Å². The van der Waals surface area contributed by atoms with Crippen molar-refractivity contribution >= 4 is 18.5 Å². The SMILES string of the molecule is C[Si]1(Cl)C2=[C](CC=C2)[Zr+2][C]2=C1C=CC2.[Cl-].[Cl-]. The van der Waals surface area contributed by atoms with Gasteiger partial charge < -0.3 is 24.8 Å². The van der Waals surface area contributed by atoms with E-state index >= 15 is 0 Å². The van der Waals surface area contributed by atoms with Gasteiger partial charge in [0.25, 0.3) is 0 Å². The third-order valence-electron chi connectivity index (χ3n) is 3.18. The van der Waals surface area contributed by atoms with Gasteiger partial charge in [0.2, 0.25) is 0 Å². The van der Waals surface area contributed by atoms with Crippen LogP contribution in [0, 0.1) is 0 Å². The molecule has 1 aliphatic heterocycles. The number of halogens is 3. The Morgan fingerprint density at radius 1 is 1.06 bits per heavy atom. The number of rotatable bonds is 0. The van der Waals surface area contributed by atoms with Gasteiger partial charge in [-0.1, -0.05) is 0 Å². The van der Waals surface area contributed by atoms with Crippen LogP contribution in [0.25, 0.3) is 0 Å². The molecule has 0 saturated carbocycles. The molecule has 84 valence electrons. The fourth-order valence-corrected chi connectivity index (χ4v) is 14.6. The smallest absolute Gasteiger partial charge is 1.00 e. The van der Waals surface area contributed by atoms with Crippen molar-refractivity contribution in [3.05, 3.63) is 41.3 Å². The van der Waals surface area contributed by atoms with E-state index in [1.54, 1.807) is 17.0 Å². The van der Waals surface area contributed by atoms with Crippen LogP contribution >= 0.6 is 11.1 Å². The first kappa shape index (κ1) is 15.0. The number of hydrogen-bond donors (Lipinski definition) is 0. The molecule has 5 heteroatoms. The fraction of sp³-hybridized carbons (Fsp3) is 0.273. The van der Waals surface area contributed by atoms with Crippen LogP contribution in [0.2, 0.25) is 6.55 Å². The molecule has 0 aromatic heterocycles. The first-order valence-electron chi connectivity index (χ1n) is 4.96. The normalized spacial score (nSPS) is 22.9. The van der Waals surface area contributed by atoms with Crippen molar-refractivity contribution in [2.24, 2.45) is 0 Å². The van der Waals surface area contributed by atoms with Gasteiger partial charge in [-0.2, -0.15) is 0 Å². The summed E-state index contributed by atoms with van der Waals surface area (Å²) in [5.74, 6) is 0. The molecule has 0 aromatic rings. The van der Waals surface area contributed by atoms with Crippen LogP contribution in [-0.4, -0.2) is 7.38 Å². The minimum absolute atomic E-state index is 0. The molecule has 0 bridgehead atoms. The summed E-state index contributed by atoms with van der Waals surface area (Å²) in [4.78, 5) is 0. The molecule has 0 nitrogen and oxygen atoms in total. The van der Waals surface area contributed by atoms with Crippen LogP contribution in [0.15, 0.2) is 41.3 Å². The second kappa shape index (κ2) is 5.28. The van der Waals surface area contributed by atoms with E-state index in [4.69, 9.17) is 11.1 Å². The van der Waals surface area contributed by atoms with Crippen LogP contribution in [0.5, 0.6) is 0 Å². The van der Waals surface area contributed by atoms with Crippen LogP contribution in [0.4, 0.5) is 0 Å². The van der Waals surface area contributed by atoms with E-state index in [1.165, 1.54) is 12.8 Å². The van der Waals surface area contributed by atoms with Crippen LogP contribution in [0.3, 0.4) is 0 Å². The van der Waals surface area contributed by atoms with E-state index in [1.807, 2.05) is 0 Å². The molecule has 16 heavy (non-hydrogen) atoms. The first-order valence-corrected chi connectivity index (χ1v) is 10.9.